The second kappa shape index (κ2) is 9.36. The van der Waals surface area contributed by atoms with E-state index in [4.69, 9.17) is 32.7 Å². The summed E-state index contributed by atoms with van der Waals surface area (Å²) in [6, 6.07) is 11.8. The zero-order valence-electron chi connectivity index (χ0n) is 16.4. The first-order valence-corrected chi connectivity index (χ1v) is 10.2. The van der Waals surface area contributed by atoms with Gasteiger partial charge in [-0.05, 0) is 61.2 Å². The van der Waals surface area contributed by atoms with Crippen LogP contribution >= 0.6 is 23.2 Å². The molecule has 2 aromatic rings. The summed E-state index contributed by atoms with van der Waals surface area (Å²) in [6.07, 6.45) is 2.86. The van der Waals surface area contributed by atoms with Gasteiger partial charge in [0.1, 0.15) is 0 Å². The van der Waals surface area contributed by atoms with Gasteiger partial charge in [-0.3, -0.25) is 4.90 Å². The van der Waals surface area contributed by atoms with E-state index in [0.717, 1.165) is 55.0 Å². The van der Waals surface area contributed by atoms with Crippen molar-refractivity contribution in [1.29, 1.82) is 0 Å². The minimum Gasteiger partial charge on any atom is -0.493 e. The third-order valence-corrected chi connectivity index (χ3v) is 5.96. The Balaban J connectivity index is 1.76. The van der Waals surface area contributed by atoms with Gasteiger partial charge in [0.2, 0.25) is 0 Å². The molecule has 4 nitrogen and oxygen atoms in total. The number of aliphatic hydroxyl groups excluding tert-OH is 1. The number of rotatable bonds is 7. The first kappa shape index (κ1) is 21.3. The first-order valence-electron chi connectivity index (χ1n) is 9.47. The van der Waals surface area contributed by atoms with E-state index >= 15 is 0 Å². The van der Waals surface area contributed by atoms with Crippen LogP contribution in [-0.4, -0.2) is 43.9 Å². The van der Waals surface area contributed by atoms with Crippen LogP contribution in [0.4, 0.5) is 0 Å². The van der Waals surface area contributed by atoms with Crippen LogP contribution in [0.15, 0.2) is 36.4 Å². The highest BCUT2D eigenvalue weighted by Gasteiger charge is 2.35. The van der Waals surface area contributed by atoms with Crippen molar-refractivity contribution in [3.8, 4) is 11.5 Å². The van der Waals surface area contributed by atoms with Crippen LogP contribution < -0.4 is 9.47 Å². The smallest absolute Gasteiger partial charge is 0.179 e. The molecule has 1 atom stereocenters. The Kier molecular flexibility index (Phi) is 7.10. The van der Waals surface area contributed by atoms with Gasteiger partial charge in [-0.2, -0.15) is 0 Å². The molecule has 0 spiro atoms. The number of aliphatic hydroxyl groups is 1. The Morgan fingerprint density at radius 3 is 2.61 bits per heavy atom. The lowest BCUT2D eigenvalue weighted by molar-refractivity contribution is 0.0288. The van der Waals surface area contributed by atoms with Crippen LogP contribution in [0.5, 0.6) is 11.5 Å². The van der Waals surface area contributed by atoms with Crippen LogP contribution in [0.1, 0.15) is 24.0 Å². The quantitative estimate of drug-likeness (QED) is 0.692. The monoisotopic (exact) mass is 423 g/mol. The van der Waals surface area contributed by atoms with Crippen LogP contribution in [-0.2, 0) is 13.0 Å². The number of ether oxygens (including phenoxy) is 2. The molecule has 0 radical (unpaired) electrons. The zero-order valence-corrected chi connectivity index (χ0v) is 17.9. The summed E-state index contributed by atoms with van der Waals surface area (Å²) < 4.78 is 10.7. The van der Waals surface area contributed by atoms with Crippen molar-refractivity contribution in [2.75, 3.05) is 33.9 Å². The molecule has 6 heteroatoms. The molecule has 28 heavy (non-hydrogen) atoms. The fourth-order valence-electron chi connectivity index (χ4n) is 4.18. The molecule has 1 heterocycles. The van der Waals surface area contributed by atoms with Crippen molar-refractivity contribution in [3.05, 3.63) is 57.6 Å². The van der Waals surface area contributed by atoms with E-state index in [1.54, 1.807) is 14.2 Å². The number of likely N-dealkylation sites (tertiary alicyclic amines) is 1. The second-order valence-electron chi connectivity index (χ2n) is 7.59. The Labute approximate surface area is 177 Å². The maximum atomic E-state index is 10.2. The highest BCUT2D eigenvalue weighted by atomic mass is 35.5. The van der Waals surface area contributed by atoms with E-state index in [1.807, 2.05) is 30.3 Å². The number of piperidine rings is 1. The minimum atomic E-state index is -0.163. The lowest BCUT2D eigenvalue weighted by Crippen LogP contribution is -2.46. The maximum Gasteiger partial charge on any atom is 0.179 e. The summed E-state index contributed by atoms with van der Waals surface area (Å²) in [5.41, 5.74) is 2.07. The lowest BCUT2D eigenvalue weighted by atomic mass is 9.75. The molecule has 1 fully saturated rings. The van der Waals surface area contributed by atoms with E-state index in [2.05, 4.69) is 11.0 Å². The summed E-state index contributed by atoms with van der Waals surface area (Å²) >= 11 is 12.5. The summed E-state index contributed by atoms with van der Waals surface area (Å²) in [5, 5.41) is 11.5. The van der Waals surface area contributed by atoms with E-state index < -0.39 is 0 Å². The van der Waals surface area contributed by atoms with Gasteiger partial charge < -0.3 is 14.6 Å². The molecule has 0 bridgehead atoms. The van der Waals surface area contributed by atoms with Crippen molar-refractivity contribution in [2.24, 2.45) is 5.41 Å². The topological polar surface area (TPSA) is 41.9 Å². The molecule has 1 aliphatic heterocycles. The van der Waals surface area contributed by atoms with Crippen LogP contribution in [0.2, 0.25) is 10.0 Å². The molecule has 3 rings (SSSR count). The molecule has 1 saturated heterocycles. The summed E-state index contributed by atoms with van der Waals surface area (Å²) in [5.74, 6) is 1.19. The molecular weight excluding hydrogens is 397 g/mol. The number of methoxy groups -OCH3 is 2. The van der Waals surface area contributed by atoms with Crippen molar-refractivity contribution in [3.63, 3.8) is 0 Å². The molecule has 152 valence electrons. The number of hydrogen-bond acceptors (Lipinski definition) is 4. The Hall–Kier alpha value is -1.46. The van der Waals surface area contributed by atoms with Crippen molar-refractivity contribution in [2.45, 2.75) is 25.8 Å². The van der Waals surface area contributed by atoms with Crippen molar-refractivity contribution < 1.29 is 14.6 Å². The van der Waals surface area contributed by atoms with E-state index in [0.29, 0.717) is 16.5 Å². The maximum absolute atomic E-state index is 10.2. The molecule has 1 N–H and O–H groups in total. The highest BCUT2D eigenvalue weighted by Crippen LogP contribution is 2.38. The molecule has 1 aliphatic rings. The van der Waals surface area contributed by atoms with Gasteiger partial charge >= 0.3 is 0 Å². The van der Waals surface area contributed by atoms with Crippen LogP contribution in [0.25, 0.3) is 0 Å². The summed E-state index contributed by atoms with van der Waals surface area (Å²) in [6.45, 7) is 2.71. The summed E-state index contributed by atoms with van der Waals surface area (Å²) in [7, 11) is 3.19. The molecule has 0 aromatic heterocycles. The summed E-state index contributed by atoms with van der Waals surface area (Å²) in [4.78, 5) is 2.38. The molecule has 2 aromatic carbocycles. The largest absolute Gasteiger partial charge is 0.493 e. The molecular formula is C22H27Cl2NO3. The Morgan fingerprint density at radius 2 is 1.93 bits per heavy atom. The van der Waals surface area contributed by atoms with Crippen molar-refractivity contribution >= 4 is 23.2 Å². The predicted molar refractivity (Wildman–Crippen MR) is 114 cm³/mol. The predicted octanol–water partition coefficient (Wildman–Crippen LogP) is 4.83. The van der Waals surface area contributed by atoms with Gasteiger partial charge in [0, 0.05) is 23.5 Å². The molecule has 0 aliphatic carbocycles. The van der Waals surface area contributed by atoms with Gasteiger partial charge in [0.25, 0.3) is 0 Å². The number of halogens is 2. The Morgan fingerprint density at radius 1 is 1.11 bits per heavy atom. The average molecular weight is 424 g/mol. The van der Waals surface area contributed by atoms with Gasteiger partial charge in [-0.25, -0.2) is 0 Å². The minimum absolute atomic E-state index is 0.155. The van der Waals surface area contributed by atoms with Gasteiger partial charge in [0.05, 0.1) is 25.8 Å². The average Bonchev–Trinajstić information content (AvgIpc) is 2.67. The van der Waals surface area contributed by atoms with Crippen LogP contribution in [0.3, 0.4) is 0 Å². The fourth-order valence-corrected chi connectivity index (χ4v) is 4.70. The molecule has 1 unspecified atom stereocenters. The van der Waals surface area contributed by atoms with Crippen molar-refractivity contribution in [1.82, 2.24) is 4.90 Å². The number of benzene rings is 2. The lowest BCUT2D eigenvalue weighted by Gasteiger charge is -2.42. The standard InChI is InChI=1S/C22H27Cl2NO3/c1-27-20-11-17(10-19(24)21(20)28-2)13-25-8-4-7-22(14-25,15-26)12-16-5-3-6-18(23)9-16/h3,5-6,9-11,26H,4,7-8,12-15H2,1-2H3. The van der Waals surface area contributed by atoms with Gasteiger partial charge in [-0.1, -0.05) is 35.3 Å². The van der Waals surface area contributed by atoms with E-state index in [9.17, 15) is 5.11 Å². The number of hydrogen-bond donors (Lipinski definition) is 1. The van der Waals surface area contributed by atoms with Gasteiger partial charge in [0.15, 0.2) is 11.5 Å². The third kappa shape index (κ3) is 4.93. The highest BCUT2D eigenvalue weighted by molar-refractivity contribution is 6.32. The Bertz CT molecular complexity index is 814. The SMILES string of the molecule is COc1cc(CN2CCCC(CO)(Cc3cccc(Cl)c3)C2)cc(Cl)c1OC. The second-order valence-corrected chi connectivity index (χ2v) is 8.44. The molecule has 0 amide bonds. The van der Waals surface area contributed by atoms with E-state index in [1.165, 1.54) is 0 Å². The van der Waals surface area contributed by atoms with E-state index in [-0.39, 0.29) is 12.0 Å². The van der Waals surface area contributed by atoms with Gasteiger partial charge in [-0.15, -0.1) is 0 Å². The first-order chi connectivity index (χ1) is 13.5. The van der Waals surface area contributed by atoms with Crippen LogP contribution in [0, 0.1) is 5.41 Å². The third-order valence-electron chi connectivity index (χ3n) is 5.44. The fraction of sp³-hybridized carbons (Fsp3) is 0.455. The number of nitrogens with zero attached hydrogens (tertiary/aromatic N) is 1. The molecule has 0 saturated carbocycles. The normalized spacial score (nSPS) is 20.2. The zero-order chi connectivity index (χ0) is 20.1.